The number of carbonyl (C=O) groups is 1. The lowest BCUT2D eigenvalue weighted by Crippen LogP contribution is -2.34. The second-order valence-corrected chi connectivity index (χ2v) is 4.40. The van der Waals surface area contributed by atoms with E-state index in [0.29, 0.717) is 31.3 Å². The molecular weight excluding hydrogens is 270 g/mol. The Morgan fingerprint density at radius 3 is 2.81 bits per heavy atom. The van der Waals surface area contributed by atoms with Gasteiger partial charge in [-0.15, -0.1) is 6.58 Å². The first-order valence-corrected chi connectivity index (χ1v) is 6.92. The first-order chi connectivity index (χ1) is 10.1. The van der Waals surface area contributed by atoms with Crippen LogP contribution in [0, 0.1) is 0 Å². The Morgan fingerprint density at radius 1 is 1.43 bits per heavy atom. The Hall–Kier alpha value is -2.01. The number of rotatable bonds is 9. The normalized spacial score (nSPS) is 11.6. The molecule has 1 aromatic carbocycles. The molecule has 0 fully saturated rings. The van der Waals surface area contributed by atoms with E-state index in [9.17, 15) is 4.79 Å². The van der Waals surface area contributed by atoms with Crippen LogP contribution in [-0.2, 0) is 16.1 Å². The summed E-state index contributed by atoms with van der Waals surface area (Å²) >= 11 is 0. The fraction of sp³-hybridized carbons (Fsp3) is 0.438. The van der Waals surface area contributed by atoms with Gasteiger partial charge in [-0.1, -0.05) is 12.1 Å². The fourth-order valence-electron chi connectivity index (χ4n) is 1.72. The molecule has 0 aliphatic carbocycles. The van der Waals surface area contributed by atoms with Gasteiger partial charge in [0, 0.05) is 6.54 Å². The number of methoxy groups -OCH3 is 1. The summed E-state index contributed by atoms with van der Waals surface area (Å²) in [5.74, 6) is 1.18. The van der Waals surface area contributed by atoms with Crippen molar-refractivity contribution >= 4 is 5.91 Å². The van der Waals surface area contributed by atoms with Crippen molar-refractivity contribution in [3.05, 3.63) is 36.4 Å². The molecule has 0 aromatic heterocycles. The highest BCUT2D eigenvalue weighted by molar-refractivity contribution is 5.80. The maximum absolute atomic E-state index is 11.8. The fourth-order valence-corrected chi connectivity index (χ4v) is 1.72. The molecule has 5 nitrogen and oxygen atoms in total. The van der Waals surface area contributed by atoms with Crippen LogP contribution in [0.15, 0.2) is 30.9 Å². The van der Waals surface area contributed by atoms with Crippen molar-refractivity contribution in [2.45, 2.75) is 26.5 Å². The van der Waals surface area contributed by atoms with E-state index in [0.717, 1.165) is 5.56 Å². The molecule has 0 spiro atoms. The minimum Gasteiger partial charge on any atom is -0.493 e. The van der Waals surface area contributed by atoms with Gasteiger partial charge in [0.1, 0.15) is 6.10 Å². The van der Waals surface area contributed by atoms with Crippen molar-refractivity contribution in [3.8, 4) is 11.5 Å². The lowest BCUT2D eigenvalue weighted by molar-refractivity contribution is -0.131. The van der Waals surface area contributed by atoms with Crippen LogP contribution in [-0.4, -0.2) is 32.3 Å². The van der Waals surface area contributed by atoms with E-state index in [1.165, 1.54) is 0 Å². The van der Waals surface area contributed by atoms with Crippen molar-refractivity contribution < 1.29 is 19.0 Å². The smallest absolute Gasteiger partial charge is 0.249 e. The number of hydrogen-bond acceptors (Lipinski definition) is 4. The molecule has 0 heterocycles. The van der Waals surface area contributed by atoms with E-state index < -0.39 is 6.10 Å². The first kappa shape index (κ1) is 17.0. The quantitative estimate of drug-likeness (QED) is 0.710. The average Bonchev–Trinajstić information content (AvgIpc) is 2.51. The largest absolute Gasteiger partial charge is 0.493 e. The SMILES string of the molecule is C=CCOC(C)C(=O)NCc1ccc(OCC)c(OC)c1. The predicted molar refractivity (Wildman–Crippen MR) is 81.6 cm³/mol. The molecule has 0 saturated heterocycles. The van der Waals surface area contributed by atoms with Crippen LogP contribution in [0.4, 0.5) is 0 Å². The van der Waals surface area contributed by atoms with Gasteiger partial charge in [-0.25, -0.2) is 0 Å². The highest BCUT2D eigenvalue weighted by atomic mass is 16.5. The topological polar surface area (TPSA) is 56.8 Å². The second-order valence-electron chi connectivity index (χ2n) is 4.40. The summed E-state index contributed by atoms with van der Waals surface area (Å²) in [6.07, 6.45) is 1.11. The molecule has 1 amide bonds. The third kappa shape index (κ3) is 5.47. The Kier molecular flexibility index (Phi) is 7.32. The zero-order valence-electron chi connectivity index (χ0n) is 12.8. The molecule has 0 saturated carbocycles. The van der Waals surface area contributed by atoms with E-state index in [2.05, 4.69) is 11.9 Å². The van der Waals surface area contributed by atoms with Crippen LogP contribution in [0.2, 0.25) is 0 Å². The van der Waals surface area contributed by atoms with E-state index >= 15 is 0 Å². The van der Waals surface area contributed by atoms with Crippen LogP contribution in [0.3, 0.4) is 0 Å². The molecule has 21 heavy (non-hydrogen) atoms. The zero-order chi connectivity index (χ0) is 15.7. The average molecular weight is 293 g/mol. The maximum atomic E-state index is 11.8. The summed E-state index contributed by atoms with van der Waals surface area (Å²) < 4.78 is 16.0. The molecule has 0 radical (unpaired) electrons. The zero-order valence-corrected chi connectivity index (χ0v) is 12.8. The Bertz CT molecular complexity index is 473. The minimum absolute atomic E-state index is 0.162. The Morgan fingerprint density at radius 2 is 2.19 bits per heavy atom. The summed E-state index contributed by atoms with van der Waals surface area (Å²) in [7, 11) is 1.59. The molecule has 1 unspecified atom stereocenters. The predicted octanol–water partition coefficient (Wildman–Crippen LogP) is 2.30. The molecular formula is C16H23NO4. The van der Waals surface area contributed by atoms with E-state index in [1.807, 2.05) is 25.1 Å². The van der Waals surface area contributed by atoms with Crippen molar-refractivity contribution in [3.63, 3.8) is 0 Å². The number of hydrogen-bond donors (Lipinski definition) is 1. The molecule has 5 heteroatoms. The van der Waals surface area contributed by atoms with Gasteiger partial charge in [0.05, 0.1) is 20.3 Å². The van der Waals surface area contributed by atoms with Crippen LogP contribution in [0.5, 0.6) is 11.5 Å². The Labute approximate surface area is 125 Å². The van der Waals surface area contributed by atoms with Gasteiger partial charge in [-0.05, 0) is 31.5 Å². The van der Waals surface area contributed by atoms with E-state index in [-0.39, 0.29) is 5.91 Å². The molecule has 1 aromatic rings. The Balaban J connectivity index is 2.59. The number of carbonyl (C=O) groups excluding carboxylic acids is 1. The molecule has 116 valence electrons. The standard InChI is InChI=1S/C16H23NO4/c1-5-9-21-12(3)16(18)17-11-13-7-8-14(20-6-2)15(10-13)19-4/h5,7-8,10,12H,1,6,9,11H2,2-4H3,(H,17,18). The third-order valence-corrected chi connectivity index (χ3v) is 2.83. The third-order valence-electron chi connectivity index (χ3n) is 2.83. The molecule has 1 atom stereocenters. The number of ether oxygens (including phenoxy) is 3. The van der Waals surface area contributed by atoms with Crippen molar-refractivity contribution in [1.29, 1.82) is 0 Å². The van der Waals surface area contributed by atoms with Gasteiger partial charge >= 0.3 is 0 Å². The summed E-state index contributed by atoms with van der Waals surface area (Å²) in [6, 6.07) is 5.57. The van der Waals surface area contributed by atoms with Crippen molar-refractivity contribution in [2.75, 3.05) is 20.3 Å². The summed E-state index contributed by atoms with van der Waals surface area (Å²) in [6.45, 7) is 8.50. The van der Waals surface area contributed by atoms with Crippen molar-refractivity contribution in [1.82, 2.24) is 5.32 Å². The summed E-state index contributed by atoms with van der Waals surface area (Å²) in [5, 5.41) is 2.82. The molecule has 0 aliphatic rings. The molecule has 0 aliphatic heterocycles. The highest BCUT2D eigenvalue weighted by Gasteiger charge is 2.12. The highest BCUT2D eigenvalue weighted by Crippen LogP contribution is 2.27. The number of amides is 1. The van der Waals surface area contributed by atoms with Gasteiger partial charge in [0.2, 0.25) is 5.91 Å². The van der Waals surface area contributed by atoms with Crippen LogP contribution < -0.4 is 14.8 Å². The summed E-state index contributed by atoms with van der Waals surface area (Å²) in [5.41, 5.74) is 0.930. The van der Waals surface area contributed by atoms with E-state index in [4.69, 9.17) is 14.2 Å². The van der Waals surface area contributed by atoms with E-state index in [1.54, 1.807) is 20.1 Å². The van der Waals surface area contributed by atoms with Gasteiger partial charge in [-0.2, -0.15) is 0 Å². The van der Waals surface area contributed by atoms with Crippen molar-refractivity contribution in [2.24, 2.45) is 0 Å². The molecule has 1 rings (SSSR count). The van der Waals surface area contributed by atoms with Gasteiger partial charge in [-0.3, -0.25) is 4.79 Å². The van der Waals surface area contributed by atoms with Crippen LogP contribution in [0.1, 0.15) is 19.4 Å². The molecule has 1 N–H and O–H groups in total. The minimum atomic E-state index is -0.507. The van der Waals surface area contributed by atoms with Gasteiger partial charge in [0.15, 0.2) is 11.5 Å². The number of nitrogens with one attached hydrogen (secondary N) is 1. The van der Waals surface area contributed by atoms with Gasteiger partial charge < -0.3 is 19.5 Å². The summed E-state index contributed by atoms with van der Waals surface area (Å²) in [4.78, 5) is 11.8. The number of benzene rings is 1. The lowest BCUT2D eigenvalue weighted by Gasteiger charge is -2.14. The van der Waals surface area contributed by atoms with Gasteiger partial charge in [0.25, 0.3) is 0 Å². The van der Waals surface area contributed by atoms with Crippen LogP contribution in [0.25, 0.3) is 0 Å². The lowest BCUT2D eigenvalue weighted by atomic mass is 10.2. The second kappa shape index (κ2) is 9.02. The molecule has 0 bridgehead atoms. The maximum Gasteiger partial charge on any atom is 0.249 e. The first-order valence-electron chi connectivity index (χ1n) is 6.92. The van der Waals surface area contributed by atoms with Crippen LogP contribution >= 0.6 is 0 Å². The monoisotopic (exact) mass is 293 g/mol.